The number of carbonyl (C=O) groups excluding carboxylic acids is 2. The van der Waals surface area contributed by atoms with Crippen LogP contribution in [0, 0.1) is 17.8 Å². The molecule has 6 nitrogen and oxygen atoms in total. The van der Waals surface area contributed by atoms with Gasteiger partial charge in [0, 0.05) is 15.3 Å². The van der Waals surface area contributed by atoms with E-state index >= 15 is 13.2 Å². The van der Waals surface area contributed by atoms with Gasteiger partial charge in [0.2, 0.25) is 17.4 Å². The monoisotopic (exact) mass is 743 g/mol. The van der Waals surface area contributed by atoms with E-state index in [9.17, 15) is 14.7 Å². The molecule has 0 unspecified atom stereocenters. The van der Waals surface area contributed by atoms with Crippen LogP contribution in [0.3, 0.4) is 0 Å². The molecule has 0 radical (unpaired) electrons. The second-order valence-corrected chi connectivity index (χ2v) is 15.1. The largest absolute Gasteiger partial charge is 0.423 e. The number of rotatable bonds is 14. The Morgan fingerprint density at radius 1 is 0.827 bits per heavy atom. The highest BCUT2D eigenvalue weighted by Gasteiger charge is 2.58. The van der Waals surface area contributed by atoms with Crippen LogP contribution in [-0.4, -0.2) is 47.5 Å². The number of thioether (sulfide) groups is 1. The molecule has 0 saturated carbocycles. The number of carbonyl (C=O) groups is 2. The van der Waals surface area contributed by atoms with Crippen molar-refractivity contribution in [1.82, 2.24) is 10.6 Å². The van der Waals surface area contributed by atoms with Gasteiger partial charge in [-0.2, -0.15) is 13.2 Å². The van der Waals surface area contributed by atoms with Gasteiger partial charge in [-0.25, -0.2) is 0 Å². The van der Waals surface area contributed by atoms with Gasteiger partial charge in [0.15, 0.2) is 0 Å². The fourth-order valence-electron chi connectivity index (χ4n) is 6.21. The minimum atomic E-state index is -5.01. The number of alkyl halides is 3. The van der Waals surface area contributed by atoms with Crippen molar-refractivity contribution in [3.8, 4) is 11.8 Å². The first kappa shape index (κ1) is 38.6. The van der Waals surface area contributed by atoms with Gasteiger partial charge in [0.1, 0.15) is 12.6 Å². The summed E-state index contributed by atoms with van der Waals surface area (Å²) in [5.74, 6) is 2.54. The summed E-state index contributed by atoms with van der Waals surface area (Å²) in [4.78, 5) is 27.0. The van der Waals surface area contributed by atoms with Crippen molar-refractivity contribution < 1.29 is 27.9 Å². The first-order chi connectivity index (χ1) is 24.9. The van der Waals surface area contributed by atoms with Gasteiger partial charge in [-0.15, -0.1) is 23.1 Å². The molecule has 270 valence electrons. The number of amides is 2. The number of halogens is 3. The van der Waals surface area contributed by atoms with Crippen molar-refractivity contribution >= 4 is 45.0 Å². The molecule has 0 aliphatic heterocycles. The van der Waals surface area contributed by atoms with E-state index in [0.717, 1.165) is 28.0 Å². The minimum Gasteiger partial charge on any atom is -0.384 e. The first-order valence-electron chi connectivity index (χ1n) is 16.8. The van der Waals surface area contributed by atoms with Gasteiger partial charge in [-0.3, -0.25) is 14.9 Å². The number of hydrogen-bond acceptors (Lipinski definition) is 6. The molecule has 0 saturated heterocycles. The van der Waals surface area contributed by atoms with Crippen molar-refractivity contribution in [2.45, 2.75) is 48.8 Å². The molecule has 1 heterocycles. The van der Waals surface area contributed by atoms with Gasteiger partial charge in [0.05, 0.1) is 10.8 Å². The summed E-state index contributed by atoms with van der Waals surface area (Å²) >= 11 is 2.30. The molecule has 5 rings (SSSR count). The number of aliphatic hydroxyl groups is 1. The van der Waals surface area contributed by atoms with E-state index in [1.807, 2.05) is 91.0 Å². The van der Waals surface area contributed by atoms with Crippen molar-refractivity contribution in [2.24, 2.45) is 11.7 Å². The predicted molar refractivity (Wildman–Crippen MR) is 204 cm³/mol. The summed E-state index contributed by atoms with van der Waals surface area (Å²) in [6, 6.07) is 34.8. The Hall–Kier alpha value is -4.60. The fraction of sp³-hybridized carbons (Fsp3) is 0.268. The van der Waals surface area contributed by atoms with Crippen LogP contribution < -0.4 is 16.4 Å². The Kier molecular flexibility index (Phi) is 12.5. The van der Waals surface area contributed by atoms with Crippen molar-refractivity contribution in [1.29, 1.82) is 0 Å². The summed E-state index contributed by atoms with van der Waals surface area (Å²) in [7, 11) is 0. The maximum Gasteiger partial charge on any atom is 0.423 e. The molecule has 4 aromatic carbocycles. The molecular formula is C41H40F3N3O3S2. The number of nitrogens with one attached hydrogen (secondary N) is 2. The molecule has 2 amide bonds. The zero-order valence-corrected chi connectivity index (χ0v) is 30.3. The number of thiophene rings is 1. The highest BCUT2D eigenvalue weighted by atomic mass is 32.2. The van der Waals surface area contributed by atoms with Crippen molar-refractivity contribution in [2.75, 3.05) is 12.4 Å². The molecule has 0 aliphatic rings. The average Bonchev–Trinajstić information content (AvgIpc) is 3.58. The standard InChI is InChI=1S/C41H40F3N3O3S2/c1-28(2)25-33(47-39(23-14-24-48,41(42,43)44)36-26-29-15-12-13-22-35(29)52-36)38(50)46-34(37(45)49)27-51-40(30-16-6-3-7-17-30,31-18-8-4-9-19-31)32-20-10-5-11-21-32/h3-13,15-22,26,28,33-34,47-48H,24-25,27H2,1-2H3,(H2,45,49)(H,46,50)/t33-,34+,39-/m0/s1. The highest BCUT2D eigenvalue weighted by molar-refractivity contribution is 8.00. The zero-order valence-electron chi connectivity index (χ0n) is 28.7. The van der Waals surface area contributed by atoms with Crippen molar-refractivity contribution in [3.63, 3.8) is 0 Å². The Balaban J connectivity index is 1.52. The lowest BCUT2D eigenvalue weighted by Gasteiger charge is -2.37. The lowest BCUT2D eigenvalue weighted by molar-refractivity contribution is -0.184. The van der Waals surface area contributed by atoms with Gasteiger partial charge in [0.25, 0.3) is 0 Å². The van der Waals surface area contributed by atoms with Crippen LogP contribution in [0.4, 0.5) is 13.2 Å². The quantitative estimate of drug-likeness (QED) is 0.0704. The second-order valence-electron chi connectivity index (χ2n) is 12.7. The summed E-state index contributed by atoms with van der Waals surface area (Å²) in [6.45, 7) is 2.75. The van der Waals surface area contributed by atoms with Gasteiger partial charge in [-0.05, 0) is 46.5 Å². The molecule has 0 spiro atoms. The number of benzene rings is 4. The van der Waals surface area contributed by atoms with Crippen LogP contribution in [0.2, 0.25) is 0 Å². The summed E-state index contributed by atoms with van der Waals surface area (Å²) in [5.41, 5.74) is 5.68. The summed E-state index contributed by atoms with van der Waals surface area (Å²) in [6.07, 6.45) is -5.03. The maximum absolute atomic E-state index is 15.4. The fourth-order valence-corrected chi connectivity index (χ4v) is 8.97. The van der Waals surface area contributed by atoms with Crippen LogP contribution in [-0.2, 0) is 19.9 Å². The van der Waals surface area contributed by atoms with Crippen LogP contribution in [0.15, 0.2) is 121 Å². The van der Waals surface area contributed by atoms with Crippen LogP contribution in [0.25, 0.3) is 10.1 Å². The van der Waals surface area contributed by atoms with Crippen molar-refractivity contribution in [3.05, 3.63) is 143 Å². The average molecular weight is 744 g/mol. The van der Waals surface area contributed by atoms with Crippen LogP contribution in [0.5, 0.6) is 0 Å². The third-order valence-electron chi connectivity index (χ3n) is 8.66. The lowest BCUT2D eigenvalue weighted by atomic mass is 9.84. The van der Waals surface area contributed by atoms with E-state index in [4.69, 9.17) is 5.73 Å². The molecule has 11 heteroatoms. The van der Waals surface area contributed by atoms with Crippen LogP contribution >= 0.6 is 23.1 Å². The second kappa shape index (κ2) is 16.8. The Bertz CT molecular complexity index is 1880. The molecule has 5 aromatic rings. The number of primary amides is 1. The molecule has 1 aromatic heterocycles. The SMILES string of the molecule is CC(C)C[C@H](N[C@@](C#CCO)(c1cc2ccccc2s1)C(F)(F)F)C(=O)N[C@H](CSC(c1ccccc1)(c1ccccc1)c1ccccc1)C(N)=O. The molecule has 3 atom stereocenters. The third-order valence-corrected chi connectivity index (χ3v) is 11.5. The van der Waals surface area contributed by atoms with E-state index in [-0.39, 0.29) is 23.0 Å². The maximum atomic E-state index is 15.4. The van der Waals surface area contributed by atoms with E-state index < -0.39 is 47.0 Å². The predicted octanol–water partition coefficient (Wildman–Crippen LogP) is 7.35. The van der Waals surface area contributed by atoms with Gasteiger partial charge in [-0.1, -0.05) is 135 Å². The summed E-state index contributed by atoms with van der Waals surface area (Å²) < 4.78 is 45.8. The molecule has 0 aliphatic carbocycles. The first-order valence-corrected chi connectivity index (χ1v) is 18.6. The Morgan fingerprint density at radius 2 is 1.35 bits per heavy atom. The number of fused-ring (bicyclic) bond motifs is 1. The topological polar surface area (TPSA) is 104 Å². The lowest BCUT2D eigenvalue weighted by Crippen LogP contribution is -2.61. The van der Waals surface area contributed by atoms with E-state index in [2.05, 4.69) is 22.5 Å². The minimum absolute atomic E-state index is 0.000793. The highest BCUT2D eigenvalue weighted by Crippen LogP contribution is 2.49. The molecule has 52 heavy (non-hydrogen) atoms. The normalized spacial score (nSPS) is 14.2. The van der Waals surface area contributed by atoms with E-state index in [1.165, 1.54) is 17.8 Å². The molecule has 5 N–H and O–H groups in total. The van der Waals surface area contributed by atoms with Crippen LogP contribution in [0.1, 0.15) is 41.8 Å². The number of hydrogen-bond donors (Lipinski definition) is 4. The van der Waals surface area contributed by atoms with Gasteiger partial charge >= 0.3 is 6.18 Å². The molecular weight excluding hydrogens is 704 g/mol. The number of aliphatic hydroxyl groups excluding tert-OH is 1. The summed E-state index contributed by atoms with van der Waals surface area (Å²) in [5, 5.41) is 15.4. The third kappa shape index (κ3) is 8.37. The van der Waals surface area contributed by atoms with E-state index in [0.29, 0.717) is 10.1 Å². The van der Waals surface area contributed by atoms with Gasteiger partial charge < -0.3 is 16.2 Å². The molecule has 0 bridgehead atoms. The Labute approximate surface area is 310 Å². The van der Waals surface area contributed by atoms with E-state index in [1.54, 1.807) is 38.1 Å². The molecule has 0 fully saturated rings. The number of nitrogens with two attached hydrogens (primary N) is 1. The zero-order chi connectivity index (χ0) is 37.4. The smallest absolute Gasteiger partial charge is 0.384 e. The Morgan fingerprint density at radius 3 is 1.81 bits per heavy atom.